The van der Waals surface area contributed by atoms with E-state index in [1.165, 1.54) is 19.3 Å². The van der Waals surface area contributed by atoms with Crippen molar-refractivity contribution in [3.63, 3.8) is 0 Å². The van der Waals surface area contributed by atoms with Gasteiger partial charge in [-0.05, 0) is 12.8 Å². The first kappa shape index (κ1) is 8.05. The van der Waals surface area contributed by atoms with Crippen molar-refractivity contribution in [2.45, 2.75) is 37.6 Å². The van der Waals surface area contributed by atoms with Crippen LogP contribution < -0.4 is 11.1 Å². The molecule has 68 valence electrons. The largest absolute Gasteiger partial charge is 0.370 e. The van der Waals surface area contributed by atoms with Crippen LogP contribution in [-0.2, 0) is 0 Å². The molecule has 2 aliphatic rings. The van der Waals surface area contributed by atoms with Gasteiger partial charge in [-0.2, -0.15) is 0 Å². The molecule has 3 nitrogen and oxygen atoms in total. The molecule has 1 fully saturated rings. The lowest BCUT2D eigenvalue weighted by Gasteiger charge is -2.33. The summed E-state index contributed by atoms with van der Waals surface area (Å²) in [6, 6.07) is 0. The van der Waals surface area contributed by atoms with Crippen LogP contribution in [0, 0.1) is 0 Å². The molecule has 1 saturated carbocycles. The summed E-state index contributed by atoms with van der Waals surface area (Å²) in [5.41, 5.74) is 6.17. The van der Waals surface area contributed by atoms with Crippen molar-refractivity contribution in [1.82, 2.24) is 5.32 Å². The Morgan fingerprint density at radius 2 is 2.00 bits per heavy atom. The van der Waals surface area contributed by atoms with E-state index >= 15 is 0 Å². The maximum Gasteiger partial charge on any atom is 0.117 e. The summed E-state index contributed by atoms with van der Waals surface area (Å²) in [6.07, 6.45) is 6.08. The van der Waals surface area contributed by atoms with Crippen LogP contribution in [0.2, 0.25) is 0 Å². The molecule has 0 aromatic heterocycles. The first-order valence-electron chi connectivity index (χ1n) is 4.89. The summed E-state index contributed by atoms with van der Waals surface area (Å²) in [6.45, 7) is 1.89. The Hall–Kier alpha value is -0.570. The van der Waals surface area contributed by atoms with Crippen molar-refractivity contribution in [2.75, 3.05) is 13.1 Å². The molecule has 0 unspecified atom stereocenters. The van der Waals surface area contributed by atoms with Gasteiger partial charge in [-0.3, -0.25) is 4.99 Å². The molecule has 12 heavy (non-hydrogen) atoms. The van der Waals surface area contributed by atoms with E-state index in [2.05, 4.69) is 10.3 Å². The molecule has 2 rings (SSSR count). The van der Waals surface area contributed by atoms with Gasteiger partial charge in [-0.1, -0.05) is 19.3 Å². The van der Waals surface area contributed by atoms with Gasteiger partial charge in [0.2, 0.25) is 0 Å². The Labute approximate surface area is 73.4 Å². The Balaban J connectivity index is 2.07. The van der Waals surface area contributed by atoms with Crippen LogP contribution in [-0.4, -0.2) is 24.5 Å². The average molecular weight is 167 g/mol. The minimum atomic E-state index is -0.102. The zero-order valence-electron chi connectivity index (χ0n) is 7.47. The second kappa shape index (κ2) is 3.05. The van der Waals surface area contributed by atoms with Crippen molar-refractivity contribution >= 4 is 5.84 Å². The SMILES string of the molecule is NC1(C2=NCCN2)CCCCC1. The molecule has 0 bridgehead atoms. The fraction of sp³-hybridized carbons (Fsp3) is 0.889. The van der Waals surface area contributed by atoms with E-state index < -0.39 is 0 Å². The third-order valence-corrected chi connectivity index (χ3v) is 2.89. The predicted octanol–water partition coefficient (Wildman–Crippen LogP) is 0.650. The molecule has 1 heterocycles. The van der Waals surface area contributed by atoms with Crippen LogP contribution in [0.4, 0.5) is 0 Å². The number of nitrogens with one attached hydrogen (secondary N) is 1. The van der Waals surface area contributed by atoms with Crippen LogP contribution in [0.1, 0.15) is 32.1 Å². The fourth-order valence-corrected chi connectivity index (χ4v) is 2.15. The highest BCUT2D eigenvalue weighted by molar-refractivity contribution is 5.92. The van der Waals surface area contributed by atoms with Gasteiger partial charge < -0.3 is 11.1 Å². The van der Waals surface area contributed by atoms with E-state index in [0.717, 1.165) is 31.8 Å². The Kier molecular flexibility index (Phi) is 2.05. The second-order valence-corrected chi connectivity index (χ2v) is 3.87. The number of hydrogen-bond donors (Lipinski definition) is 2. The number of nitrogens with zero attached hydrogens (tertiary/aromatic N) is 1. The third kappa shape index (κ3) is 1.33. The minimum absolute atomic E-state index is 0.102. The van der Waals surface area contributed by atoms with E-state index in [-0.39, 0.29) is 5.54 Å². The summed E-state index contributed by atoms with van der Waals surface area (Å²) >= 11 is 0. The summed E-state index contributed by atoms with van der Waals surface area (Å²) in [5, 5.41) is 3.29. The third-order valence-electron chi connectivity index (χ3n) is 2.89. The number of amidine groups is 1. The van der Waals surface area contributed by atoms with Crippen molar-refractivity contribution in [2.24, 2.45) is 10.7 Å². The van der Waals surface area contributed by atoms with Crippen molar-refractivity contribution in [3.8, 4) is 0 Å². The van der Waals surface area contributed by atoms with Crippen LogP contribution >= 0.6 is 0 Å². The molecule has 3 N–H and O–H groups in total. The molecule has 0 aromatic rings. The van der Waals surface area contributed by atoms with E-state index in [1.54, 1.807) is 0 Å². The maximum atomic E-state index is 6.27. The van der Waals surface area contributed by atoms with Gasteiger partial charge in [0.05, 0.1) is 12.1 Å². The van der Waals surface area contributed by atoms with Crippen LogP contribution in [0.3, 0.4) is 0 Å². The van der Waals surface area contributed by atoms with Crippen molar-refractivity contribution in [1.29, 1.82) is 0 Å². The number of hydrogen-bond acceptors (Lipinski definition) is 3. The molecular formula is C9H17N3. The smallest absolute Gasteiger partial charge is 0.117 e. The van der Waals surface area contributed by atoms with Gasteiger partial charge in [-0.25, -0.2) is 0 Å². The first-order chi connectivity index (χ1) is 5.81. The predicted molar refractivity (Wildman–Crippen MR) is 50.3 cm³/mol. The van der Waals surface area contributed by atoms with Crippen molar-refractivity contribution < 1.29 is 0 Å². The summed E-state index contributed by atoms with van der Waals surface area (Å²) in [5.74, 6) is 1.07. The summed E-state index contributed by atoms with van der Waals surface area (Å²) in [7, 11) is 0. The molecule has 0 saturated heterocycles. The standard InChI is InChI=1S/C9H17N3/c10-9(4-2-1-3-5-9)8-11-6-7-12-8/h1-7,10H2,(H,11,12). The molecule has 3 heteroatoms. The molecular weight excluding hydrogens is 150 g/mol. The topological polar surface area (TPSA) is 50.4 Å². The minimum Gasteiger partial charge on any atom is -0.370 e. The summed E-state index contributed by atoms with van der Waals surface area (Å²) in [4.78, 5) is 4.41. The van der Waals surface area contributed by atoms with Gasteiger partial charge in [-0.15, -0.1) is 0 Å². The molecule has 0 aromatic carbocycles. The van der Waals surface area contributed by atoms with E-state index in [9.17, 15) is 0 Å². The number of aliphatic imine (C=N–C) groups is 1. The first-order valence-corrected chi connectivity index (χ1v) is 4.89. The Morgan fingerprint density at radius 1 is 1.25 bits per heavy atom. The van der Waals surface area contributed by atoms with Gasteiger partial charge in [0.25, 0.3) is 0 Å². The van der Waals surface area contributed by atoms with E-state index in [0.29, 0.717) is 0 Å². The summed E-state index contributed by atoms with van der Waals surface area (Å²) < 4.78 is 0. The quantitative estimate of drug-likeness (QED) is 0.602. The normalized spacial score (nSPS) is 27.9. The van der Waals surface area contributed by atoms with E-state index in [4.69, 9.17) is 5.73 Å². The van der Waals surface area contributed by atoms with Gasteiger partial charge in [0.15, 0.2) is 0 Å². The van der Waals surface area contributed by atoms with Gasteiger partial charge >= 0.3 is 0 Å². The lowest BCUT2D eigenvalue weighted by Crippen LogP contribution is -2.53. The molecule has 0 spiro atoms. The average Bonchev–Trinajstić information content (AvgIpc) is 2.58. The second-order valence-electron chi connectivity index (χ2n) is 3.87. The number of rotatable bonds is 1. The zero-order valence-corrected chi connectivity index (χ0v) is 7.47. The van der Waals surface area contributed by atoms with Crippen LogP contribution in [0.5, 0.6) is 0 Å². The fourth-order valence-electron chi connectivity index (χ4n) is 2.15. The zero-order chi connectivity index (χ0) is 8.44. The van der Waals surface area contributed by atoms with Gasteiger partial charge in [0, 0.05) is 6.54 Å². The Morgan fingerprint density at radius 3 is 2.58 bits per heavy atom. The monoisotopic (exact) mass is 167 g/mol. The van der Waals surface area contributed by atoms with Crippen LogP contribution in [0.15, 0.2) is 4.99 Å². The lowest BCUT2D eigenvalue weighted by atomic mass is 9.81. The molecule has 0 atom stereocenters. The van der Waals surface area contributed by atoms with E-state index in [1.807, 2.05) is 0 Å². The molecule has 1 aliphatic carbocycles. The Bertz CT molecular complexity index is 192. The number of nitrogens with two attached hydrogens (primary N) is 1. The highest BCUT2D eigenvalue weighted by Gasteiger charge is 2.33. The van der Waals surface area contributed by atoms with Crippen molar-refractivity contribution in [3.05, 3.63) is 0 Å². The molecule has 0 amide bonds. The van der Waals surface area contributed by atoms with Gasteiger partial charge in [0.1, 0.15) is 5.84 Å². The van der Waals surface area contributed by atoms with Crippen LogP contribution in [0.25, 0.3) is 0 Å². The molecule has 1 aliphatic heterocycles. The maximum absolute atomic E-state index is 6.27. The lowest BCUT2D eigenvalue weighted by molar-refractivity contribution is 0.376. The highest BCUT2D eigenvalue weighted by atomic mass is 15.1. The molecule has 0 radical (unpaired) electrons. The highest BCUT2D eigenvalue weighted by Crippen LogP contribution is 2.27.